The van der Waals surface area contributed by atoms with Crippen LogP contribution in [0.5, 0.6) is 11.5 Å². The van der Waals surface area contributed by atoms with Gasteiger partial charge in [-0.05, 0) is 67.9 Å². The van der Waals surface area contributed by atoms with Crippen LogP contribution in [0.2, 0.25) is 5.02 Å². The molecule has 0 fully saturated rings. The van der Waals surface area contributed by atoms with Gasteiger partial charge in [0.2, 0.25) is 5.95 Å². The summed E-state index contributed by atoms with van der Waals surface area (Å²) < 4.78 is 12.7. The van der Waals surface area contributed by atoms with Crippen LogP contribution in [0.3, 0.4) is 0 Å². The van der Waals surface area contributed by atoms with Crippen molar-refractivity contribution in [1.82, 2.24) is 14.8 Å². The fourth-order valence-electron chi connectivity index (χ4n) is 4.33. The monoisotopic (exact) mass is 515 g/mol. The van der Waals surface area contributed by atoms with Gasteiger partial charge in [0.15, 0.2) is 5.82 Å². The molecule has 2 N–H and O–H groups in total. The van der Waals surface area contributed by atoms with Gasteiger partial charge in [0.1, 0.15) is 17.5 Å². The highest BCUT2D eigenvalue weighted by Crippen LogP contribution is 2.38. The number of benzene rings is 3. The minimum absolute atomic E-state index is 0.279. The highest BCUT2D eigenvalue weighted by Gasteiger charge is 2.34. The zero-order chi connectivity index (χ0) is 25.9. The Labute approximate surface area is 219 Å². The zero-order valence-electron chi connectivity index (χ0n) is 20.7. The first-order chi connectivity index (χ1) is 18.0. The minimum Gasteiger partial charge on any atom is -0.495 e. The van der Waals surface area contributed by atoms with E-state index in [1.54, 1.807) is 36.1 Å². The third-order valence-corrected chi connectivity index (χ3v) is 6.31. The smallest absolute Gasteiger partial charge is 0.255 e. The molecule has 1 aliphatic rings. The number of fused-ring (bicyclic) bond motifs is 1. The molecule has 1 aliphatic heterocycles. The number of rotatable bonds is 7. The molecule has 1 unspecified atom stereocenters. The van der Waals surface area contributed by atoms with E-state index in [1.165, 1.54) is 0 Å². The number of amides is 1. The second-order valence-electron chi connectivity index (χ2n) is 8.43. The Kier molecular flexibility index (Phi) is 6.83. The number of ether oxygens (including phenoxy) is 2. The first-order valence-electron chi connectivity index (χ1n) is 11.9. The molecule has 37 heavy (non-hydrogen) atoms. The maximum absolute atomic E-state index is 13.7. The van der Waals surface area contributed by atoms with Crippen molar-refractivity contribution in [2.45, 2.75) is 19.9 Å². The topological polar surface area (TPSA) is 90.3 Å². The standard InChI is InChI=1S/C28H26ClN5O3/c1-4-37-21-15-11-19(12-16-21)26-32-28-30-17(2)24(27(35)31-22-7-5-6-8-23(22)36-3)25(34(28)33-26)18-9-13-20(29)14-10-18/h5-16,25H,4H2,1-3H3,(H,31,35)(H,30,32,33). The lowest BCUT2D eigenvalue weighted by atomic mass is 9.95. The van der Waals surface area contributed by atoms with Gasteiger partial charge in [0.05, 0.1) is 25.0 Å². The first kappa shape index (κ1) is 24.4. The minimum atomic E-state index is -0.535. The van der Waals surface area contributed by atoms with Crippen LogP contribution in [0.25, 0.3) is 11.4 Å². The van der Waals surface area contributed by atoms with Gasteiger partial charge in [0.25, 0.3) is 5.91 Å². The number of allylic oxidation sites excluding steroid dienone is 1. The Morgan fingerprint density at radius 3 is 2.51 bits per heavy atom. The molecular weight excluding hydrogens is 490 g/mol. The Morgan fingerprint density at radius 1 is 1.08 bits per heavy atom. The second kappa shape index (κ2) is 10.4. The molecule has 2 heterocycles. The van der Waals surface area contributed by atoms with E-state index in [2.05, 4.69) is 10.6 Å². The number of hydrogen-bond acceptors (Lipinski definition) is 6. The number of anilines is 2. The number of nitrogens with one attached hydrogen (secondary N) is 2. The fraction of sp³-hybridized carbons (Fsp3) is 0.179. The predicted molar refractivity (Wildman–Crippen MR) is 144 cm³/mol. The molecule has 4 aromatic rings. The van der Waals surface area contributed by atoms with Crippen LogP contribution in [-0.4, -0.2) is 34.4 Å². The summed E-state index contributed by atoms with van der Waals surface area (Å²) in [6, 6.07) is 21.7. The van der Waals surface area contributed by atoms with Crippen molar-refractivity contribution in [3.05, 3.63) is 94.7 Å². The largest absolute Gasteiger partial charge is 0.495 e. The molecule has 0 saturated carbocycles. The molecule has 1 amide bonds. The zero-order valence-corrected chi connectivity index (χ0v) is 21.4. The lowest BCUT2D eigenvalue weighted by molar-refractivity contribution is -0.113. The van der Waals surface area contributed by atoms with Crippen molar-refractivity contribution in [3.63, 3.8) is 0 Å². The van der Waals surface area contributed by atoms with E-state index in [-0.39, 0.29) is 5.91 Å². The Hall–Kier alpha value is -4.30. The van der Waals surface area contributed by atoms with E-state index in [0.29, 0.717) is 46.1 Å². The van der Waals surface area contributed by atoms with Gasteiger partial charge in [-0.15, -0.1) is 5.10 Å². The van der Waals surface area contributed by atoms with Gasteiger partial charge in [-0.1, -0.05) is 35.9 Å². The van der Waals surface area contributed by atoms with Crippen LogP contribution in [0.15, 0.2) is 84.1 Å². The van der Waals surface area contributed by atoms with Crippen molar-refractivity contribution in [3.8, 4) is 22.9 Å². The maximum Gasteiger partial charge on any atom is 0.255 e. The molecule has 0 radical (unpaired) electrons. The van der Waals surface area contributed by atoms with Crippen LogP contribution < -0.4 is 20.1 Å². The highest BCUT2D eigenvalue weighted by atomic mass is 35.5. The number of para-hydroxylation sites is 2. The molecule has 3 aromatic carbocycles. The van der Waals surface area contributed by atoms with Gasteiger partial charge in [-0.25, -0.2) is 4.68 Å². The number of carbonyl (C=O) groups excluding carboxylic acids is 1. The third kappa shape index (κ3) is 4.88. The van der Waals surface area contributed by atoms with E-state index in [0.717, 1.165) is 16.9 Å². The lowest BCUT2D eigenvalue weighted by Crippen LogP contribution is -2.31. The second-order valence-corrected chi connectivity index (χ2v) is 8.87. The fourth-order valence-corrected chi connectivity index (χ4v) is 4.45. The number of carbonyl (C=O) groups is 1. The summed E-state index contributed by atoms with van der Waals surface area (Å²) in [5.41, 5.74) is 3.43. The van der Waals surface area contributed by atoms with Gasteiger partial charge in [-0.3, -0.25) is 4.79 Å². The quantitative estimate of drug-likeness (QED) is 0.317. The average Bonchev–Trinajstić information content (AvgIpc) is 3.33. The molecule has 0 spiro atoms. The summed E-state index contributed by atoms with van der Waals surface area (Å²) in [5.74, 6) is 2.14. The maximum atomic E-state index is 13.7. The van der Waals surface area contributed by atoms with Crippen LogP contribution in [-0.2, 0) is 4.79 Å². The van der Waals surface area contributed by atoms with E-state index >= 15 is 0 Å². The van der Waals surface area contributed by atoms with Crippen molar-refractivity contribution >= 4 is 29.1 Å². The third-order valence-electron chi connectivity index (χ3n) is 6.06. The molecular formula is C28H26ClN5O3. The van der Waals surface area contributed by atoms with Gasteiger partial charge < -0.3 is 20.1 Å². The average molecular weight is 516 g/mol. The normalized spacial score (nSPS) is 14.5. The Bertz CT molecular complexity index is 1460. The van der Waals surface area contributed by atoms with Crippen LogP contribution in [0.1, 0.15) is 25.5 Å². The Balaban J connectivity index is 1.56. The number of aromatic nitrogens is 3. The lowest BCUT2D eigenvalue weighted by Gasteiger charge is -2.28. The summed E-state index contributed by atoms with van der Waals surface area (Å²) in [6.07, 6.45) is 0. The van der Waals surface area contributed by atoms with Crippen LogP contribution in [0, 0.1) is 0 Å². The Morgan fingerprint density at radius 2 is 1.81 bits per heavy atom. The molecule has 0 saturated heterocycles. The van der Waals surface area contributed by atoms with Gasteiger partial charge >= 0.3 is 0 Å². The molecule has 5 rings (SSSR count). The number of halogens is 1. The van der Waals surface area contributed by atoms with Crippen molar-refractivity contribution in [1.29, 1.82) is 0 Å². The summed E-state index contributed by atoms with van der Waals surface area (Å²) >= 11 is 6.18. The van der Waals surface area contributed by atoms with Crippen molar-refractivity contribution in [2.24, 2.45) is 0 Å². The summed E-state index contributed by atoms with van der Waals surface area (Å²) in [4.78, 5) is 18.4. The van der Waals surface area contributed by atoms with E-state index in [9.17, 15) is 4.79 Å². The molecule has 9 heteroatoms. The molecule has 188 valence electrons. The molecule has 0 aliphatic carbocycles. The molecule has 8 nitrogen and oxygen atoms in total. The van der Waals surface area contributed by atoms with Gasteiger partial charge in [0, 0.05) is 16.3 Å². The summed E-state index contributed by atoms with van der Waals surface area (Å²) in [5, 5.41) is 11.7. The summed E-state index contributed by atoms with van der Waals surface area (Å²) in [6.45, 7) is 4.39. The van der Waals surface area contributed by atoms with E-state index in [1.807, 2.05) is 62.4 Å². The van der Waals surface area contributed by atoms with Crippen molar-refractivity contribution < 1.29 is 14.3 Å². The SMILES string of the molecule is CCOc1ccc(-c2nc3n(n2)C(c2ccc(Cl)cc2)C(C(=O)Nc2ccccc2OC)=C(C)N3)cc1. The number of hydrogen-bond donors (Lipinski definition) is 2. The first-order valence-corrected chi connectivity index (χ1v) is 12.2. The predicted octanol–water partition coefficient (Wildman–Crippen LogP) is 5.93. The molecule has 0 bridgehead atoms. The molecule has 1 aromatic heterocycles. The number of methoxy groups -OCH3 is 1. The highest BCUT2D eigenvalue weighted by molar-refractivity contribution is 6.30. The van der Waals surface area contributed by atoms with Crippen LogP contribution in [0.4, 0.5) is 11.6 Å². The van der Waals surface area contributed by atoms with Gasteiger partial charge in [-0.2, -0.15) is 4.98 Å². The number of nitrogens with zero attached hydrogens (tertiary/aromatic N) is 3. The molecule has 1 atom stereocenters. The van der Waals surface area contributed by atoms with Crippen LogP contribution >= 0.6 is 11.6 Å². The van der Waals surface area contributed by atoms with E-state index < -0.39 is 6.04 Å². The summed E-state index contributed by atoms with van der Waals surface area (Å²) in [7, 11) is 1.57. The van der Waals surface area contributed by atoms with E-state index in [4.69, 9.17) is 31.2 Å². The van der Waals surface area contributed by atoms with Crippen molar-refractivity contribution in [2.75, 3.05) is 24.4 Å².